The first-order chi connectivity index (χ1) is 7.68. The van der Waals surface area contributed by atoms with E-state index in [0.717, 1.165) is 5.56 Å². The van der Waals surface area contributed by atoms with Gasteiger partial charge < -0.3 is 5.11 Å². The van der Waals surface area contributed by atoms with Crippen molar-refractivity contribution in [1.82, 2.24) is 0 Å². The largest absolute Gasteiger partial charge is 0.478 e. The third kappa shape index (κ3) is 1.93. The van der Waals surface area contributed by atoms with Gasteiger partial charge in [0.2, 0.25) is 0 Å². The summed E-state index contributed by atoms with van der Waals surface area (Å²) in [6.07, 6.45) is 0. The molecule has 3 heteroatoms. The molecule has 2 aromatic carbocycles. The van der Waals surface area contributed by atoms with E-state index in [1.807, 2.05) is 6.07 Å². The van der Waals surface area contributed by atoms with Gasteiger partial charge in [-0.2, -0.15) is 0 Å². The first kappa shape index (κ1) is 10.4. The number of halogens is 1. The van der Waals surface area contributed by atoms with Gasteiger partial charge in [-0.25, -0.2) is 9.18 Å². The van der Waals surface area contributed by atoms with E-state index in [4.69, 9.17) is 5.11 Å². The van der Waals surface area contributed by atoms with Gasteiger partial charge in [0, 0.05) is 0 Å². The maximum atomic E-state index is 13.4. The van der Waals surface area contributed by atoms with Gasteiger partial charge in [-0.05, 0) is 35.4 Å². The molecule has 1 N–H and O–H groups in total. The fourth-order valence-electron chi connectivity index (χ4n) is 1.44. The van der Waals surface area contributed by atoms with Crippen molar-refractivity contribution in [2.24, 2.45) is 0 Å². The lowest BCUT2D eigenvalue weighted by Gasteiger charge is -2.03. The van der Waals surface area contributed by atoms with Crippen LogP contribution < -0.4 is 0 Å². The van der Waals surface area contributed by atoms with E-state index < -0.39 is 11.8 Å². The van der Waals surface area contributed by atoms with E-state index in [9.17, 15) is 9.18 Å². The summed E-state index contributed by atoms with van der Waals surface area (Å²) >= 11 is 0. The molecule has 0 bridgehead atoms. The molecule has 0 aromatic heterocycles. The molecule has 0 fully saturated rings. The van der Waals surface area contributed by atoms with Gasteiger partial charge in [-0.15, -0.1) is 0 Å². The minimum atomic E-state index is -1.26. The Bertz CT molecular complexity index is 521. The molecule has 0 spiro atoms. The van der Waals surface area contributed by atoms with Crippen molar-refractivity contribution in [1.29, 1.82) is 0 Å². The molecule has 2 nitrogen and oxygen atoms in total. The Labute approximate surface area is 92.0 Å². The van der Waals surface area contributed by atoms with Crippen molar-refractivity contribution in [2.75, 3.05) is 0 Å². The van der Waals surface area contributed by atoms with Gasteiger partial charge >= 0.3 is 5.97 Å². The predicted octanol–water partition coefficient (Wildman–Crippen LogP) is 2.99. The molecule has 79 valence electrons. The second-order valence-corrected chi connectivity index (χ2v) is 3.29. The van der Waals surface area contributed by atoms with E-state index >= 15 is 0 Å². The molecule has 0 aliphatic rings. The van der Waals surface area contributed by atoms with Crippen molar-refractivity contribution in [2.45, 2.75) is 0 Å². The SMILES string of the molecule is O=C(O)c1ccc(-c2c[c]ccc2)cc1F. The smallest absolute Gasteiger partial charge is 0.338 e. The Morgan fingerprint density at radius 3 is 2.62 bits per heavy atom. The second-order valence-electron chi connectivity index (χ2n) is 3.29. The molecule has 2 rings (SSSR count). The minimum absolute atomic E-state index is 0.316. The third-order valence-corrected chi connectivity index (χ3v) is 2.24. The molecule has 0 saturated heterocycles. The maximum Gasteiger partial charge on any atom is 0.338 e. The molecule has 2 aromatic rings. The van der Waals surface area contributed by atoms with Crippen LogP contribution in [0, 0.1) is 11.9 Å². The van der Waals surface area contributed by atoms with Crippen LogP contribution in [-0.4, -0.2) is 11.1 Å². The lowest BCUT2D eigenvalue weighted by atomic mass is 10.0. The normalized spacial score (nSPS) is 10.1. The summed E-state index contributed by atoms with van der Waals surface area (Å²) in [5, 5.41) is 8.68. The summed E-state index contributed by atoms with van der Waals surface area (Å²) in [4.78, 5) is 10.6. The van der Waals surface area contributed by atoms with Crippen LogP contribution in [0.4, 0.5) is 4.39 Å². The molecule has 0 atom stereocenters. The zero-order chi connectivity index (χ0) is 11.5. The van der Waals surface area contributed by atoms with Crippen LogP contribution in [0.2, 0.25) is 0 Å². The highest BCUT2D eigenvalue weighted by Gasteiger charge is 2.10. The van der Waals surface area contributed by atoms with Crippen LogP contribution in [0.1, 0.15) is 10.4 Å². The summed E-state index contributed by atoms with van der Waals surface area (Å²) < 4.78 is 13.4. The van der Waals surface area contributed by atoms with Gasteiger partial charge in [0.05, 0.1) is 5.56 Å². The van der Waals surface area contributed by atoms with E-state index in [0.29, 0.717) is 5.56 Å². The minimum Gasteiger partial charge on any atom is -0.478 e. The predicted molar refractivity (Wildman–Crippen MR) is 57.6 cm³/mol. The maximum absolute atomic E-state index is 13.4. The molecule has 16 heavy (non-hydrogen) atoms. The van der Waals surface area contributed by atoms with E-state index in [-0.39, 0.29) is 5.56 Å². The van der Waals surface area contributed by atoms with Gasteiger partial charge in [-0.3, -0.25) is 0 Å². The highest BCUT2D eigenvalue weighted by Crippen LogP contribution is 2.21. The Morgan fingerprint density at radius 1 is 1.25 bits per heavy atom. The zero-order valence-electron chi connectivity index (χ0n) is 8.27. The number of hydrogen-bond acceptors (Lipinski definition) is 1. The standard InChI is InChI=1S/C13H8FO2/c14-12-8-10(6-7-11(12)13(15)16)9-4-2-1-3-5-9/h1-2,4-8H,(H,15,16). The highest BCUT2D eigenvalue weighted by atomic mass is 19.1. The van der Waals surface area contributed by atoms with Crippen molar-refractivity contribution in [3.05, 3.63) is 59.9 Å². The number of carboxylic acid groups (broad SMARTS) is 1. The number of aromatic carboxylic acids is 1. The zero-order valence-corrected chi connectivity index (χ0v) is 8.27. The van der Waals surface area contributed by atoms with Crippen LogP contribution in [0.25, 0.3) is 11.1 Å². The Morgan fingerprint density at radius 2 is 2.06 bits per heavy atom. The molecule has 0 unspecified atom stereocenters. The summed E-state index contributed by atoms with van der Waals surface area (Å²) in [6.45, 7) is 0. The third-order valence-electron chi connectivity index (χ3n) is 2.24. The van der Waals surface area contributed by atoms with Crippen molar-refractivity contribution in [3.8, 4) is 11.1 Å². The Hall–Kier alpha value is -2.16. The quantitative estimate of drug-likeness (QED) is 0.836. The van der Waals surface area contributed by atoms with Crippen LogP contribution in [-0.2, 0) is 0 Å². The molecule has 1 radical (unpaired) electrons. The second kappa shape index (κ2) is 4.14. The van der Waals surface area contributed by atoms with Crippen molar-refractivity contribution in [3.63, 3.8) is 0 Å². The summed E-state index contributed by atoms with van der Waals surface area (Å²) in [5.74, 6) is -1.99. The average molecular weight is 215 g/mol. The van der Waals surface area contributed by atoms with E-state index in [1.54, 1.807) is 24.3 Å². The Balaban J connectivity index is 2.46. The van der Waals surface area contributed by atoms with Gasteiger partial charge in [0.15, 0.2) is 0 Å². The molecule has 0 aliphatic carbocycles. The first-order valence-electron chi connectivity index (χ1n) is 4.68. The number of rotatable bonds is 2. The van der Waals surface area contributed by atoms with Crippen LogP contribution >= 0.6 is 0 Å². The topological polar surface area (TPSA) is 37.3 Å². The van der Waals surface area contributed by atoms with E-state index in [2.05, 4.69) is 6.07 Å². The monoisotopic (exact) mass is 215 g/mol. The number of carbonyl (C=O) groups is 1. The average Bonchev–Trinajstić information content (AvgIpc) is 2.29. The van der Waals surface area contributed by atoms with Gasteiger partial charge in [0.1, 0.15) is 5.82 Å². The highest BCUT2D eigenvalue weighted by molar-refractivity contribution is 5.88. The van der Waals surface area contributed by atoms with Crippen LogP contribution in [0.15, 0.2) is 42.5 Å². The number of hydrogen-bond donors (Lipinski definition) is 1. The van der Waals surface area contributed by atoms with Gasteiger partial charge in [-0.1, -0.05) is 24.3 Å². The lowest BCUT2D eigenvalue weighted by molar-refractivity contribution is 0.0692. The molecular weight excluding hydrogens is 207 g/mol. The number of benzene rings is 2. The van der Waals surface area contributed by atoms with Crippen LogP contribution in [0.5, 0.6) is 0 Å². The molecule has 0 heterocycles. The summed E-state index contributed by atoms with van der Waals surface area (Å²) in [7, 11) is 0. The first-order valence-corrected chi connectivity index (χ1v) is 4.68. The van der Waals surface area contributed by atoms with E-state index in [1.165, 1.54) is 12.1 Å². The fraction of sp³-hybridized carbons (Fsp3) is 0. The Kier molecular flexibility index (Phi) is 2.68. The van der Waals surface area contributed by atoms with Gasteiger partial charge in [0.25, 0.3) is 0 Å². The molecule has 0 amide bonds. The lowest BCUT2D eigenvalue weighted by Crippen LogP contribution is -2.00. The molecule has 0 saturated carbocycles. The fourth-order valence-corrected chi connectivity index (χ4v) is 1.44. The summed E-state index contributed by atoms with van der Waals surface area (Å²) in [5.41, 5.74) is 1.13. The van der Waals surface area contributed by atoms with Crippen LogP contribution in [0.3, 0.4) is 0 Å². The van der Waals surface area contributed by atoms with Crippen molar-refractivity contribution >= 4 is 5.97 Å². The molecular formula is C13H8FO2. The molecule has 0 aliphatic heterocycles. The summed E-state index contributed by atoms with van der Waals surface area (Å²) in [6, 6.07) is 14.0. The number of carboxylic acids is 1. The van der Waals surface area contributed by atoms with Crippen molar-refractivity contribution < 1.29 is 14.3 Å².